The van der Waals surface area contributed by atoms with Gasteiger partial charge in [0, 0.05) is 25.8 Å². The maximum absolute atomic E-state index is 12.0. The molecule has 0 aliphatic carbocycles. The summed E-state index contributed by atoms with van der Waals surface area (Å²) < 4.78 is 25.9. The number of hydrogen-bond donors (Lipinski definition) is 2. The van der Waals surface area contributed by atoms with Crippen LogP contribution in [0.25, 0.3) is 0 Å². The van der Waals surface area contributed by atoms with Crippen molar-refractivity contribution in [3.05, 3.63) is 24.3 Å². The second kappa shape index (κ2) is 8.80. The van der Waals surface area contributed by atoms with E-state index in [1.807, 2.05) is 13.8 Å². The number of nitrogens with zero attached hydrogens (tertiary/aromatic N) is 3. The second-order valence-corrected chi connectivity index (χ2v) is 10.2. The van der Waals surface area contributed by atoms with Gasteiger partial charge in [0.2, 0.25) is 21.1 Å². The first kappa shape index (κ1) is 20.6. The fourth-order valence-electron chi connectivity index (χ4n) is 1.82. The van der Waals surface area contributed by atoms with E-state index in [-0.39, 0.29) is 22.6 Å². The summed E-state index contributed by atoms with van der Waals surface area (Å²) in [4.78, 5) is 12.2. The van der Waals surface area contributed by atoms with Crippen LogP contribution >= 0.6 is 23.1 Å². The quantitative estimate of drug-likeness (QED) is 0.638. The van der Waals surface area contributed by atoms with Crippen LogP contribution in [-0.4, -0.2) is 54.7 Å². The van der Waals surface area contributed by atoms with Crippen LogP contribution in [0, 0.1) is 0 Å². The Bertz CT molecular complexity index is 848. The Kier molecular flexibility index (Phi) is 6.98. The molecule has 11 heteroatoms. The summed E-state index contributed by atoms with van der Waals surface area (Å²) in [6, 6.07) is 6.33. The maximum atomic E-state index is 12.0. The number of thioether (sulfide) groups is 1. The van der Waals surface area contributed by atoms with Gasteiger partial charge >= 0.3 is 0 Å². The molecule has 0 spiro atoms. The van der Waals surface area contributed by atoms with Crippen molar-refractivity contribution in [3.63, 3.8) is 0 Å². The summed E-state index contributed by atoms with van der Waals surface area (Å²) in [5, 5.41) is 14.6. The topological polar surface area (TPSA) is 104 Å². The second-order valence-electron chi connectivity index (χ2n) is 5.82. The minimum Gasteiger partial charge on any atom is -0.358 e. The predicted octanol–water partition coefficient (Wildman–Crippen LogP) is 2.34. The summed E-state index contributed by atoms with van der Waals surface area (Å²) in [7, 11) is -0.538. The molecule has 0 radical (unpaired) electrons. The van der Waals surface area contributed by atoms with Crippen molar-refractivity contribution in [3.8, 4) is 0 Å². The minimum atomic E-state index is -3.48. The van der Waals surface area contributed by atoms with Gasteiger partial charge in [0.1, 0.15) is 0 Å². The molecule has 26 heavy (non-hydrogen) atoms. The van der Waals surface area contributed by atoms with Crippen LogP contribution in [0.3, 0.4) is 0 Å². The highest BCUT2D eigenvalue weighted by Crippen LogP contribution is 2.26. The molecule has 1 aromatic carbocycles. The number of aromatic nitrogens is 2. The molecule has 1 amide bonds. The summed E-state index contributed by atoms with van der Waals surface area (Å²) >= 11 is 2.69. The Morgan fingerprint density at radius 3 is 2.46 bits per heavy atom. The smallest absolute Gasteiger partial charge is 0.242 e. The summed E-state index contributed by atoms with van der Waals surface area (Å²) in [6.45, 7) is 4.02. The Morgan fingerprint density at radius 2 is 1.88 bits per heavy atom. The third-order valence-corrected chi connectivity index (χ3v) is 6.88. The molecule has 0 saturated heterocycles. The van der Waals surface area contributed by atoms with Crippen LogP contribution in [0.2, 0.25) is 0 Å². The number of benzene rings is 1. The highest BCUT2D eigenvalue weighted by Gasteiger charge is 2.17. The zero-order valence-electron chi connectivity index (χ0n) is 14.9. The SMILES string of the molecule is CC(C)Nc1nnc(SCC(=O)Nc2ccc(S(=O)(=O)N(C)C)cc2)s1. The van der Waals surface area contributed by atoms with Gasteiger partial charge in [0.05, 0.1) is 10.6 Å². The normalized spacial score (nSPS) is 11.8. The van der Waals surface area contributed by atoms with Crippen LogP contribution in [0.4, 0.5) is 10.8 Å². The van der Waals surface area contributed by atoms with E-state index in [0.717, 1.165) is 9.44 Å². The largest absolute Gasteiger partial charge is 0.358 e. The predicted molar refractivity (Wildman–Crippen MR) is 105 cm³/mol. The molecular formula is C15H21N5O3S3. The third-order valence-electron chi connectivity index (χ3n) is 3.06. The summed E-state index contributed by atoms with van der Waals surface area (Å²) in [6.07, 6.45) is 0. The summed E-state index contributed by atoms with van der Waals surface area (Å²) in [5.74, 6) is -0.0135. The molecule has 0 bridgehead atoms. The molecule has 1 heterocycles. The van der Waals surface area contributed by atoms with Crippen LogP contribution in [0.15, 0.2) is 33.5 Å². The number of hydrogen-bond acceptors (Lipinski definition) is 8. The molecule has 0 aliphatic heterocycles. The molecule has 0 saturated carbocycles. The van der Waals surface area contributed by atoms with Gasteiger partial charge in [-0.15, -0.1) is 10.2 Å². The van der Waals surface area contributed by atoms with Gasteiger partial charge in [-0.1, -0.05) is 23.1 Å². The van der Waals surface area contributed by atoms with E-state index in [2.05, 4.69) is 20.8 Å². The van der Waals surface area contributed by atoms with Crippen molar-refractivity contribution in [1.29, 1.82) is 0 Å². The standard InChI is InChI=1S/C15H21N5O3S3/c1-10(2)16-14-18-19-15(25-14)24-9-13(21)17-11-5-7-12(8-6-11)26(22,23)20(3)4/h5-8,10H,9H2,1-4H3,(H,16,18)(H,17,21). The first-order chi connectivity index (χ1) is 12.2. The van der Waals surface area contributed by atoms with Crippen molar-refractivity contribution in [2.45, 2.75) is 29.1 Å². The third kappa shape index (κ3) is 5.66. The van der Waals surface area contributed by atoms with E-state index in [1.54, 1.807) is 12.1 Å². The number of carbonyl (C=O) groups is 1. The molecule has 2 aromatic rings. The molecule has 142 valence electrons. The zero-order chi connectivity index (χ0) is 19.3. The van der Waals surface area contributed by atoms with Crippen LogP contribution in [-0.2, 0) is 14.8 Å². The van der Waals surface area contributed by atoms with Crippen LogP contribution in [0.5, 0.6) is 0 Å². The van der Waals surface area contributed by atoms with Crippen LogP contribution < -0.4 is 10.6 Å². The molecule has 8 nitrogen and oxygen atoms in total. The Labute approximate surface area is 161 Å². The first-order valence-corrected chi connectivity index (χ1v) is 11.0. The lowest BCUT2D eigenvalue weighted by atomic mass is 10.3. The van der Waals surface area contributed by atoms with Gasteiger partial charge < -0.3 is 10.6 Å². The monoisotopic (exact) mass is 415 g/mol. The highest BCUT2D eigenvalue weighted by atomic mass is 32.2. The minimum absolute atomic E-state index is 0.175. The van der Waals surface area contributed by atoms with Gasteiger partial charge in [-0.05, 0) is 38.1 Å². The van der Waals surface area contributed by atoms with Gasteiger partial charge in [-0.25, -0.2) is 12.7 Å². The first-order valence-electron chi connectivity index (χ1n) is 7.74. The van der Waals surface area contributed by atoms with Gasteiger partial charge in [-0.2, -0.15) is 0 Å². The number of sulfonamides is 1. The molecule has 0 fully saturated rings. The van der Waals surface area contributed by atoms with Crippen LogP contribution in [0.1, 0.15) is 13.8 Å². The van der Waals surface area contributed by atoms with Gasteiger partial charge in [-0.3, -0.25) is 4.79 Å². The Morgan fingerprint density at radius 1 is 1.23 bits per heavy atom. The van der Waals surface area contributed by atoms with E-state index in [4.69, 9.17) is 0 Å². The van der Waals surface area contributed by atoms with Crippen molar-refractivity contribution in [2.75, 3.05) is 30.5 Å². The van der Waals surface area contributed by atoms with Gasteiger partial charge in [0.25, 0.3) is 0 Å². The molecule has 1 aromatic heterocycles. The van der Waals surface area contributed by atoms with E-state index in [9.17, 15) is 13.2 Å². The van der Waals surface area contributed by atoms with Crippen molar-refractivity contribution in [1.82, 2.24) is 14.5 Å². The van der Waals surface area contributed by atoms with Crippen molar-refractivity contribution >= 4 is 49.8 Å². The molecule has 2 rings (SSSR count). The lowest BCUT2D eigenvalue weighted by Gasteiger charge is -2.11. The van der Waals surface area contributed by atoms with E-state index in [1.165, 1.54) is 49.3 Å². The van der Waals surface area contributed by atoms with E-state index in [0.29, 0.717) is 10.0 Å². The number of nitrogens with one attached hydrogen (secondary N) is 2. The van der Waals surface area contributed by atoms with Crippen molar-refractivity contribution in [2.24, 2.45) is 0 Å². The maximum Gasteiger partial charge on any atom is 0.242 e. The fraction of sp³-hybridized carbons (Fsp3) is 0.400. The lowest BCUT2D eigenvalue weighted by molar-refractivity contribution is -0.113. The van der Waals surface area contributed by atoms with E-state index < -0.39 is 10.0 Å². The molecular weight excluding hydrogens is 394 g/mol. The number of anilines is 2. The Balaban J connectivity index is 1.89. The molecule has 2 N–H and O–H groups in total. The van der Waals surface area contributed by atoms with Crippen molar-refractivity contribution < 1.29 is 13.2 Å². The highest BCUT2D eigenvalue weighted by molar-refractivity contribution is 8.01. The number of carbonyl (C=O) groups excluding carboxylic acids is 1. The lowest BCUT2D eigenvalue weighted by Crippen LogP contribution is -2.22. The summed E-state index contributed by atoms with van der Waals surface area (Å²) in [5.41, 5.74) is 0.535. The molecule has 0 atom stereocenters. The number of amides is 1. The average molecular weight is 416 g/mol. The molecule has 0 unspecified atom stereocenters. The fourth-order valence-corrected chi connectivity index (χ4v) is 4.42. The average Bonchev–Trinajstić information content (AvgIpc) is 3.00. The zero-order valence-corrected chi connectivity index (χ0v) is 17.3. The van der Waals surface area contributed by atoms with E-state index >= 15 is 0 Å². The number of rotatable bonds is 8. The van der Waals surface area contributed by atoms with Gasteiger partial charge in [0.15, 0.2) is 4.34 Å². The molecule has 0 aliphatic rings. The Hall–Kier alpha value is -1.69.